The first-order valence-electron chi connectivity index (χ1n) is 12.7. The SMILES string of the molecule is CC(C)CCOc1cccc(C2C(C(=O)c3cccs3)=C(O)C(=O)N2c2nnc(SCc3ccc(Cl)cc3Cl)s2)c1. The average Bonchev–Trinajstić information content (AvgIpc) is 3.69. The number of hydrogen-bond donors (Lipinski definition) is 1. The van der Waals surface area contributed by atoms with Gasteiger partial charge in [0.1, 0.15) is 5.75 Å². The lowest BCUT2D eigenvalue weighted by Gasteiger charge is -2.24. The third-order valence-electron chi connectivity index (χ3n) is 6.30. The van der Waals surface area contributed by atoms with Crippen LogP contribution in [0.2, 0.25) is 10.0 Å². The van der Waals surface area contributed by atoms with Crippen LogP contribution >= 0.6 is 57.6 Å². The van der Waals surface area contributed by atoms with Crippen molar-refractivity contribution in [3.8, 4) is 5.75 Å². The van der Waals surface area contributed by atoms with E-state index in [9.17, 15) is 14.7 Å². The Morgan fingerprint density at radius 2 is 1.98 bits per heavy atom. The number of carbonyl (C=O) groups excluding carboxylic acids is 2. The number of aliphatic hydroxyl groups is 1. The number of aromatic nitrogens is 2. The van der Waals surface area contributed by atoms with Crippen molar-refractivity contribution < 1.29 is 19.4 Å². The molecular formula is C29H25Cl2N3O4S3. The number of nitrogens with zero attached hydrogens (tertiary/aromatic N) is 3. The van der Waals surface area contributed by atoms with E-state index in [1.54, 1.807) is 41.8 Å². The molecule has 3 heterocycles. The van der Waals surface area contributed by atoms with E-state index in [1.165, 1.54) is 39.3 Å². The first-order valence-corrected chi connectivity index (χ1v) is 16.1. The molecule has 0 aliphatic carbocycles. The lowest BCUT2D eigenvalue weighted by Crippen LogP contribution is -2.31. The Kier molecular flexibility index (Phi) is 9.35. The van der Waals surface area contributed by atoms with Crippen LogP contribution in [0.4, 0.5) is 5.13 Å². The van der Waals surface area contributed by atoms with Crippen LogP contribution in [0.3, 0.4) is 0 Å². The third kappa shape index (κ3) is 6.62. The summed E-state index contributed by atoms with van der Waals surface area (Å²) in [7, 11) is 0. The quantitative estimate of drug-likeness (QED) is 0.0994. The third-order valence-corrected chi connectivity index (χ3v) is 9.86. The molecule has 0 saturated heterocycles. The van der Waals surface area contributed by atoms with Crippen LogP contribution < -0.4 is 9.64 Å². The Bertz CT molecular complexity index is 1600. The van der Waals surface area contributed by atoms with Crippen molar-refractivity contribution in [2.24, 2.45) is 5.92 Å². The van der Waals surface area contributed by atoms with E-state index < -0.39 is 23.5 Å². The zero-order valence-electron chi connectivity index (χ0n) is 22.0. The second-order valence-corrected chi connectivity index (χ2v) is 13.6. The number of anilines is 1. The van der Waals surface area contributed by atoms with Gasteiger partial charge in [-0.15, -0.1) is 21.5 Å². The van der Waals surface area contributed by atoms with Gasteiger partial charge < -0.3 is 9.84 Å². The first kappa shape index (κ1) is 29.6. The number of aliphatic hydroxyl groups excluding tert-OH is 1. The van der Waals surface area contributed by atoms with Gasteiger partial charge in [0.05, 0.1) is 23.1 Å². The van der Waals surface area contributed by atoms with E-state index >= 15 is 0 Å². The molecule has 0 fully saturated rings. The van der Waals surface area contributed by atoms with Gasteiger partial charge >= 0.3 is 0 Å². The number of Topliss-reactive ketones (excluding diaryl/α,β-unsaturated/α-hetero) is 1. The molecule has 1 aliphatic rings. The summed E-state index contributed by atoms with van der Waals surface area (Å²) >= 11 is 16.2. The van der Waals surface area contributed by atoms with Gasteiger partial charge in [-0.2, -0.15) is 0 Å². The maximum atomic E-state index is 13.6. The summed E-state index contributed by atoms with van der Waals surface area (Å²) in [5.41, 5.74) is 1.49. The highest BCUT2D eigenvalue weighted by molar-refractivity contribution is 8.00. The second kappa shape index (κ2) is 13.0. The van der Waals surface area contributed by atoms with Gasteiger partial charge in [-0.25, -0.2) is 0 Å². The van der Waals surface area contributed by atoms with Crippen LogP contribution in [0.15, 0.2) is 75.6 Å². The Morgan fingerprint density at radius 1 is 1.15 bits per heavy atom. The molecule has 12 heteroatoms. The number of hydrogen-bond acceptors (Lipinski definition) is 9. The van der Waals surface area contributed by atoms with Crippen molar-refractivity contribution in [2.75, 3.05) is 11.5 Å². The van der Waals surface area contributed by atoms with Gasteiger partial charge in [0.25, 0.3) is 5.91 Å². The van der Waals surface area contributed by atoms with E-state index in [0.29, 0.717) is 48.9 Å². The molecule has 1 aliphatic heterocycles. The summed E-state index contributed by atoms with van der Waals surface area (Å²) in [6, 6.07) is 15.0. The van der Waals surface area contributed by atoms with Crippen LogP contribution in [-0.4, -0.2) is 33.6 Å². The van der Waals surface area contributed by atoms with Gasteiger partial charge in [0.2, 0.25) is 10.9 Å². The van der Waals surface area contributed by atoms with E-state index in [0.717, 1.165) is 12.0 Å². The number of ether oxygens (including phenoxy) is 1. The molecule has 2 aromatic carbocycles. The van der Waals surface area contributed by atoms with Crippen molar-refractivity contribution in [2.45, 2.75) is 36.4 Å². The lowest BCUT2D eigenvalue weighted by molar-refractivity contribution is -0.117. The lowest BCUT2D eigenvalue weighted by atomic mass is 9.95. The van der Waals surface area contributed by atoms with Crippen molar-refractivity contribution in [1.29, 1.82) is 0 Å². The van der Waals surface area contributed by atoms with Gasteiger partial charge in [0.15, 0.2) is 10.1 Å². The van der Waals surface area contributed by atoms with Gasteiger partial charge in [-0.05, 0) is 59.2 Å². The fourth-order valence-corrected chi connectivity index (χ4v) is 7.32. The summed E-state index contributed by atoms with van der Waals surface area (Å²) < 4.78 is 6.56. The molecule has 1 N–H and O–H groups in total. The summed E-state index contributed by atoms with van der Waals surface area (Å²) in [5, 5.41) is 22.7. The van der Waals surface area contributed by atoms with Crippen LogP contribution in [-0.2, 0) is 10.5 Å². The number of rotatable bonds is 11. The molecule has 5 rings (SSSR count). The summed E-state index contributed by atoms with van der Waals surface area (Å²) in [6.45, 7) is 4.78. The highest BCUT2D eigenvalue weighted by atomic mass is 35.5. The minimum Gasteiger partial charge on any atom is -0.503 e. The predicted molar refractivity (Wildman–Crippen MR) is 166 cm³/mol. The molecule has 0 radical (unpaired) electrons. The second-order valence-electron chi connectivity index (χ2n) is 9.62. The molecule has 1 amide bonds. The van der Waals surface area contributed by atoms with Gasteiger partial charge in [-0.3, -0.25) is 14.5 Å². The Labute approximate surface area is 259 Å². The predicted octanol–water partition coefficient (Wildman–Crippen LogP) is 8.41. The summed E-state index contributed by atoms with van der Waals surface area (Å²) in [6.07, 6.45) is 0.882. The molecule has 4 aromatic rings. The Morgan fingerprint density at radius 3 is 2.71 bits per heavy atom. The van der Waals surface area contributed by atoms with Crippen molar-refractivity contribution >= 4 is 74.5 Å². The average molecular weight is 647 g/mol. The number of benzene rings is 2. The van der Waals surface area contributed by atoms with Gasteiger partial charge in [0, 0.05) is 15.8 Å². The summed E-state index contributed by atoms with van der Waals surface area (Å²) in [4.78, 5) is 28.9. The molecule has 212 valence electrons. The smallest absolute Gasteiger partial charge is 0.296 e. The molecule has 41 heavy (non-hydrogen) atoms. The molecule has 7 nitrogen and oxygen atoms in total. The van der Waals surface area contributed by atoms with Gasteiger partial charge in [-0.1, -0.05) is 84.4 Å². The van der Waals surface area contributed by atoms with Crippen LogP contribution in [0, 0.1) is 5.92 Å². The van der Waals surface area contributed by atoms with Crippen molar-refractivity contribution in [1.82, 2.24) is 10.2 Å². The highest BCUT2D eigenvalue weighted by Gasteiger charge is 2.46. The maximum Gasteiger partial charge on any atom is 0.296 e. The minimum absolute atomic E-state index is 0.00544. The molecule has 0 saturated carbocycles. The minimum atomic E-state index is -0.915. The first-order chi connectivity index (χ1) is 19.7. The normalized spacial score (nSPS) is 15.3. The number of carbonyl (C=O) groups is 2. The van der Waals surface area contributed by atoms with Crippen LogP contribution in [0.1, 0.15) is 47.1 Å². The Balaban J connectivity index is 1.47. The maximum absolute atomic E-state index is 13.6. The highest BCUT2D eigenvalue weighted by Crippen LogP contribution is 2.45. The fourth-order valence-electron chi connectivity index (χ4n) is 4.21. The molecular weight excluding hydrogens is 621 g/mol. The monoisotopic (exact) mass is 645 g/mol. The molecule has 0 spiro atoms. The number of halogens is 2. The fraction of sp³-hybridized carbons (Fsp3) is 0.241. The van der Waals surface area contributed by atoms with Crippen molar-refractivity contribution in [3.05, 3.63) is 97.4 Å². The Hall–Kier alpha value is -2.89. The standard InChI is InChI=1S/C29H25Cl2N3O4S3/c1-16(2)10-11-38-20-6-3-5-17(13-20)24-23(25(35)22-7-4-12-39-22)26(36)27(37)34(24)28-32-33-29(41-28)40-15-18-8-9-19(30)14-21(18)31/h3-9,12-14,16,24,36H,10-11,15H2,1-2H3. The van der Waals surface area contributed by atoms with Crippen LogP contribution in [0.5, 0.6) is 5.75 Å². The summed E-state index contributed by atoms with van der Waals surface area (Å²) in [5.74, 6) is -0.120. The number of ketones is 1. The zero-order valence-corrected chi connectivity index (χ0v) is 26.0. The molecule has 1 atom stereocenters. The zero-order chi connectivity index (χ0) is 29.1. The van der Waals surface area contributed by atoms with E-state index in [2.05, 4.69) is 24.0 Å². The van der Waals surface area contributed by atoms with E-state index in [4.69, 9.17) is 27.9 Å². The molecule has 1 unspecified atom stereocenters. The largest absolute Gasteiger partial charge is 0.503 e. The number of amides is 1. The van der Waals surface area contributed by atoms with Crippen LogP contribution in [0.25, 0.3) is 0 Å². The van der Waals surface area contributed by atoms with E-state index in [-0.39, 0.29) is 10.7 Å². The van der Waals surface area contributed by atoms with E-state index in [1.807, 2.05) is 18.2 Å². The topological polar surface area (TPSA) is 92.6 Å². The molecule has 0 bridgehead atoms. The molecule has 2 aromatic heterocycles. The number of thioether (sulfide) groups is 1. The van der Waals surface area contributed by atoms with Crippen molar-refractivity contribution in [3.63, 3.8) is 0 Å². The number of thiophene rings is 1.